The summed E-state index contributed by atoms with van der Waals surface area (Å²) in [7, 11) is 0. The van der Waals surface area contributed by atoms with Crippen LogP contribution in [-0.2, 0) is 12.0 Å². The molecule has 0 fully saturated rings. The molecule has 0 spiro atoms. The Hall–Kier alpha value is -0.800. The van der Waals surface area contributed by atoms with Gasteiger partial charge in [0.1, 0.15) is 5.76 Å². The fourth-order valence-corrected chi connectivity index (χ4v) is 1.21. The van der Waals surface area contributed by atoms with Crippen LogP contribution in [-0.4, -0.2) is 11.7 Å². The molecule has 1 atom stereocenters. The summed E-state index contributed by atoms with van der Waals surface area (Å²) in [4.78, 5) is 0. The summed E-state index contributed by atoms with van der Waals surface area (Å²) >= 11 is 0. The second-order valence-corrected chi connectivity index (χ2v) is 3.19. The third-order valence-corrected chi connectivity index (χ3v) is 2.01. The first kappa shape index (κ1) is 9.29. The number of nitrogens with two attached hydrogens (primary N) is 1. The Balaban J connectivity index is 3.00. The second-order valence-electron chi connectivity index (χ2n) is 3.19. The zero-order valence-corrected chi connectivity index (χ0v) is 7.50. The number of hydrogen-bond acceptors (Lipinski definition) is 3. The molecule has 0 aromatic carbocycles. The van der Waals surface area contributed by atoms with Crippen LogP contribution in [0.3, 0.4) is 0 Å². The van der Waals surface area contributed by atoms with Crippen LogP contribution in [0.1, 0.15) is 25.2 Å². The van der Waals surface area contributed by atoms with Crippen LogP contribution >= 0.6 is 0 Å². The second kappa shape index (κ2) is 3.29. The molecule has 0 radical (unpaired) electrons. The van der Waals surface area contributed by atoms with Gasteiger partial charge in [0.15, 0.2) is 0 Å². The molecule has 0 saturated heterocycles. The number of furan rings is 1. The topological polar surface area (TPSA) is 59.4 Å². The van der Waals surface area contributed by atoms with Crippen molar-refractivity contribution < 1.29 is 9.52 Å². The average Bonchev–Trinajstić information content (AvgIpc) is 2.52. The summed E-state index contributed by atoms with van der Waals surface area (Å²) in [6.07, 6.45) is 2.41. The Morgan fingerprint density at radius 3 is 2.83 bits per heavy atom. The van der Waals surface area contributed by atoms with Crippen molar-refractivity contribution in [3.63, 3.8) is 0 Å². The quantitative estimate of drug-likeness (QED) is 0.709. The third kappa shape index (κ3) is 1.52. The normalized spacial score (nSPS) is 16.0. The fourth-order valence-electron chi connectivity index (χ4n) is 1.21. The van der Waals surface area contributed by atoms with Crippen LogP contribution in [0.4, 0.5) is 0 Å². The fraction of sp³-hybridized carbons (Fsp3) is 0.556. The highest BCUT2D eigenvalue weighted by molar-refractivity contribution is 5.25. The summed E-state index contributed by atoms with van der Waals surface area (Å²) in [6.45, 7) is 3.71. The van der Waals surface area contributed by atoms with Crippen LogP contribution in [0.25, 0.3) is 0 Å². The van der Waals surface area contributed by atoms with Gasteiger partial charge in [-0.1, -0.05) is 6.92 Å². The third-order valence-electron chi connectivity index (χ3n) is 2.01. The van der Waals surface area contributed by atoms with E-state index in [2.05, 4.69) is 0 Å². The molecule has 1 rings (SSSR count). The van der Waals surface area contributed by atoms with E-state index in [0.29, 0.717) is 0 Å². The highest BCUT2D eigenvalue weighted by atomic mass is 16.3. The number of aliphatic hydroxyl groups is 1. The Morgan fingerprint density at radius 1 is 1.67 bits per heavy atom. The summed E-state index contributed by atoms with van der Waals surface area (Å²) < 4.78 is 5.21. The van der Waals surface area contributed by atoms with E-state index in [4.69, 9.17) is 15.3 Å². The molecule has 3 N–H and O–H groups in total. The average molecular weight is 169 g/mol. The molecule has 0 unspecified atom stereocenters. The maximum absolute atomic E-state index is 9.02. The lowest BCUT2D eigenvalue weighted by Gasteiger charge is -2.21. The van der Waals surface area contributed by atoms with E-state index >= 15 is 0 Å². The van der Waals surface area contributed by atoms with Crippen LogP contribution < -0.4 is 5.73 Å². The van der Waals surface area contributed by atoms with Gasteiger partial charge in [-0.25, -0.2) is 0 Å². The van der Waals surface area contributed by atoms with Gasteiger partial charge in [0, 0.05) is 12.0 Å². The Kier molecular flexibility index (Phi) is 2.55. The molecule has 3 heteroatoms. The number of rotatable bonds is 3. The Morgan fingerprint density at radius 2 is 2.33 bits per heavy atom. The van der Waals surface area contributed by atoms with E-state index in [9.17, 15) is 0 Å². The zero-order valence-electron chi connectivity index (χ0n) is 7.50. The highest BCUT2D eigenvalue weighted by Crippen LogP contribution is 2.22. The molecule has 68 valence electrons. The van der Waals surface area contributed by atoms with Crippen molar-refractivity contribution in [2.75, 3.05) is 6.61 Å². The van der Waals surface area contributed by atoms with E-state index in [1.807, 2.05) is 13.0 Å². The van der Waals surface area contributed by atoms with Crippen molar-refractivity contribution in [1.29, 1.82) is 0 Å². The van der Waals surface area contributed by atoms with Crippen LogP contribution in [0, 0.1) is 0 Å². The molecule has 12 heavy (non-hydrogen) atoms. The number of aliphatic hydroxyl groups excluding tert-OH is 1. The summed E-state index contributed by atoms with van der Waals surface area (Å²) in [5.41, 5.74) is 6.06. The van der Waals surface area contributed by atoms with Crippen molar-refractivity contribution in [2.24, 2.45) is 5.73 Å². The maximum atomic E-state index is 9.02. The lowest BCUT2D eigenvalue weighted by atomic mass is 9.94. The zero-order chi connectivity index (χ0) is 9.19. The van der Waals surface area contributed by atoms with Crippen molar-refractivity contribution in [2.45, 2.75) is 25.8 Å². The lowest BCUT2D eigenvalue weighted by molar-refractivity contribution is 0.208. The van der Waals surface area contributed by atoms with Crippen molar-refractivity contribution in [1.82, 2.24) is 0 Å². The summed E-state index contributed by atoms with van der Waals surface area (Å²) in [6, 6.07) is 1.81. The predicted octanol–water partition coefficient (Wildman–Crippen LogP) is 1.01. The largest absolute Gasteiger partial charge is 0.469 e. The minimum atomic E-state index is -0.682. The van der Waals surface area contributed by atoms with Gasteiger partial charge < -0.3 is 15.3 Å². The van der Waals surface area contributed by atoms with Gasteiger partial charge in [0.25, 0.3) is 0 Å². The molecule has 0 aliphatic rings. The summed E-state index contributed by atoms with van der Waals surface area (Å²) in [5.74, 6) is 0.856. The molecule has 0 aliphatic carbocycles. The number of aryl methyl sites for hydroxylation is 1. The first-order valence-electron chi connectivity index (χ1n) is 4.08. The predicted molar refractivity (Wildman–Crippen MR) is 46.7 cm³/mol. The maximum Gasteiger partial charge on any atom is 0.108 e. The van der Waals surface area contributed by atoms with Crippen molar-refractivity contribution >= 4 is 0 Å². The molecule has 0 amide bonds. The molecular weight excluding hydrogens is 154 g/mol. The molecule has 1 aromatic rings. The van der Waals surface area contributed by atoms with Gasteiger partial charge in [-0.3, -0.25) is 0 Å². The minimum Gasteiger partial charge on any atom is -0.469 e. The first-order chi connectivity index (χ1) is 5.61. The van der Waals surface area contributed by atoms with Gasteiger partial charge in [-0.05, 0) is 13.0 Å². The van der Waals surface area contributed by atoms with Crippen molar-refractivity contribution in [3.05, 3.63) is 23.7 Å². The molecule has 1 heterocycles. The first-order valence-corrected chi connectivity index (χ1v) is 4.08. The molecule has 0 saturated carbocycles. The standard InChI is InChI=1S/C9H15NO2/c1-3-8-7(4-5-12-8)9(2,10)6-11/h4-5,11H,3,6,10H2,1-2H3/t9-/m1/s1. The van der Waals surface area contributed by atoms with Gasteiger partial charge in [-0.2, -0.15) is 0 Å². The Labute approximate surface area is 72.2 Å². The van der Waals surface area contributed by atoms with E-state index in [-0.39, 0.29) is 6.61 Å². The van der Waals surface area contributed by atoms with Crippen LogP contribution in [0.5, 0.6) is 0 Å². The van der Waals surface area contributed by atoms with Gasteiger partial charge in [0.05, 0.1) is 18.4 Å². The van der Waals surface area contributed by atoms with Gasteiger partial charge >= 0.3 is 0 Å². The van der Waals surface area contributed by atoms with Crippen LogP contribution in [0.15, 0.2) is 16.7 Å². The van der Waals surface area contributed by atoms with Crippen LogP contribution in [0.2, 0.25) is 0 Å². The lowest BCUT2D eigenvalue weighted by Crippen LogP contribution is -2.37. The van der Waals surface area contributed by atoms with E-state index < -0.39 is 5.54 Å². The molecule has 1 aromatic heterocycles. The van der Waals surface area contributed by atoms with E-state index in [1.54, 1.807) is 13.2 Å². The Bertz CT molecular complexity index is 253. The van der Waals surface area contributed by atoms with E-state index in [1.165, 1.54) is 0 Å². The highest BCUT2D eigenvalue weighted by Gasteiger charge is 2.24. The molecule has 3 nitrogen and oxygen atoms in total. The molecule has 0 bridgehead atoms. The minimum absolute atomic E-state index is 0.0699. The monoisotopic (exact) mass is 169 g/mol. The SMILES string of the molecule is CCc1occc1[C@](C)(N)CO. The van der Waals surface area contributed by atoms with Gasteiger partial charge in [-0.15, -0.1) is 0 Å². The van der Waals surface area contributed by atoms with Crippen molar-refractivity contribution in [3.8, 4) is 0 Å². The smallest absolute Gasteiger partial charge is 0.108 e. The summed E-state index contributed by atoms with van der Waals surface area (Å²) in [5, 5.41) is 9.02. The number of hydrogen-bond donors (Lipinski definition) is 2. The van der Waals surface area contributed by atoms with E-state index in [0.717, 1.165) is 17.7 Å². The van der Waals surface area contributed by atoms with Gasteiger partial charge in [0.2, 0.25) is 0 Å². The molecular formula is C9H15NO2. The molecule has 0 aliphatic heterocycles.